The van der Waals surface area contributed by atoms with Gasteiger partial charge in [0.2, 0.25) is 0 Å². The minimum atomic E-state index is -3.66. The lowest BCUT2D eigenvalue weighted by Gasteiger charge is -2.11. The minimum absolute atomic E-state index is 0.147. The summed E-state index contributed by atoms with van der Waals surface area (Å²) >= 11 is 0. The molecule has 0 bridgehead atoms. The molecule has 0 saturated heterocycles. The second kappa shape index (κ2) is 8.15. The summed E-state index contributed by atoms with van der Waals surface area (Å²) in [5.74, 6) is -1.89. The molecule has 3 aromatic rings. The van der Waals surface area contributed by atoms with E-state index < -0.39 is 27.4 Å². The Morgan fingerprint density at radius 2 is 1.77 bits per heavy atom. The zero-order valence-corrected chi connectivity index (χ0v) is 16.8. The zero-order chi connectivity index (χ0) is 21.1. The molecule has 0 unspecified atom stereocenters. The zero-order valence-electron chi connectivity index (χ0n) is 16.0. The van der Waals surface area contributed by atoms with E-state index in [0.717, 1.165) is 36.9 Å². The Morgan fingerprint density at radius 3 is 2.57 bits per heavy atom. The topological polar surface area (TPSA) is 134 Å². The summed E-state index contributed by atoms with van der Waals surface area (Å²) in [6, 6.07) is 9.36. The molecule has 1 aliphatic carbocycles. The van der Waals surface area contributed by atoms with Gasteiger partial charge in [0, 0.05) is 16.8 Å². The van der Waals surface area contributed by atoms with Crippen LogP contribution in [0.3, 0.4) is 0 Å². The van der Waals surface area contributed by atoms with Crippen LogP contribution in [0.25, 0.3) is 0 Å². The van der Waals surface area contributed by atoms with Crippen molar-refractivity contribution in [3.05, 3.63) is 70.9 Å². The van der Waals surface area contributed by atoms with Crippen LogP contribution in [0.2, 0.25) is 0 Å². The van der Waals surface area contributed by atoms with Crippen LogP contribution in [0.15, 0.2) is 52.0 Å². The van der Waals surface area contributed by atoms with Gasteiger partial charge in [-0.25, -0.2) is 8.42 Å². The van der Waals surface area contributed by atoms with Crippen molar-refractivity contribution in [3.8, 4) is 0 Å². The third-order valence-electron chi connectivity index (χ3n) is 4.96. The molecule has 0 fully saturated rings. The van der Waals surface area contributed by atoms with Crippen molar-refractivity contribution in [1.82, 2.24) is 21.0 Å². The molecule has 2 amide bonds. The van der Waals surface area contributed by atoms with Crippen LogP contribution in [0.1, 0.15) is 50.7 Å². The van der Waals surface area contributed by atoms with Gasteiger partial charge in [0.05, 0.1) is 16.9 Å². The normalized spacial score (nSPS) is 13.5. The van der Waals surface area contributed by atoms with Crippen molar-refractivity contribution in [2.24, 2.45) is 0 Å². The highest BCUT2D eigenvalue weighted by Gasteiger charge is 2.25. The highest BCUT2D eigenvalue weighted by molar-refractivity contribution is 7.90. The molecule has 10 heteroatoms. The van der Waals surface area contributed by atoms with E-state index in [1.165, 1.54) is 24.5 Å². The van der Waals surface area contributed by atoms with Gasteiger partial charge in [0.15, 0.2) is 21.3 Å². The van der Waals surface area contributed by atoms with E-state index in [2.05, 4.69) is 21.0 Å². The molecule has 2 aromatic heterocycles. The number of H-pyrrole nitrogens is 1. The lowest BCUT2D eigenvalue weighted by Crippen LogP contribution is -2.42. The number of hydrazine groups is 1. The van der Waals surface area contributed by atoms with Crippen molar-refractivity contribution in [2.45, 2.75) is 36.3 Å². The van der Waals surface area contributed by atoms with Gasteiger partial charge in [0.1, 0.15) is 0 Å². The van der Waals surface area contributed by atoms with Crippen LogP contribution < -0.4 is 10.9 Å². The molecule has 2 heterocycles. The Morgan fingerprint density at radius 1 is 1.03 bits per heavy atom. The van der Waals surface area contributed by atoms with Crippen molar-refractivity contribution in [2.75, 3.05) is 0 Å². The maximum Gasteiger partial charge on any atom is 0.305 e. The molecule has 3 N–H and O–H groups in total. The van der Waals surface area contributed by atoms with Gasteiger partial charge in [-0.2, -0.15) is 5.10 Å². The summed E-state index contributed by atoms with van der Waals surface area (Å²) in [5.41, 5.74) is 6.83. The Kier molecular flexibility index (Phi) is 5.40. The summed E-state index contributed by atoms with van der Waals surface area (Å²) < 4.78 is 30.3. The van der Waals surface area contributed by atoms with E-state index in [0.29, 0.717) is 0 Å². The van der Waals surface area contributed by atoms with Gasteiger partial charge in [-0.15, -0.1) is 0 Å². The molecular weight excluding hydrogens is 408 g/mol. The van der Waals surface area contributed by atoms with E-state index in [1.54, 1.807) is 18.2 Å². The van der Waals surface area contributed by atoms with E-state index in [4.69, 9.17) is 4.42 Å². The number of rotatable bonds is 5. The first-order chi connectivity index (χ1) is 14.5. The number of carbonyl (C=O) groups excluding carboxylic acids is 2. The first-order valence-corrected chi connectivity index (χ1v) is 11.1. The van der Waals surface area contributed by atoms with Gasteiger partial charge < -0.3 is 4.42 Å². The predicted molar refractivity (Wildman–Crippen MR) is 106 cm³/mol. The number of sulfone groups is 1. The molecule has 1 aromatic carbocycles. The number of amides is 2. The molecule has 156 valence electrons. The second-order valence-electron chi connectivity index (χ2n) is 6.99. The first kappa shape index (κ1) is 19.9. The maximum absolute atomic E-state index is 12.6. The lowest BCUT2D eigenvalue weighted by atomic mass is 9.96. The average Bonchev–Trinajstić information content (AvgIpc) is 3.39. The average molecular weight is 428 g/mol. The fourth-order valence-corrected chi connectivity index (χ4v) is 4.84. The molecule has 0 aliphatic heterocycles. The smallest absolute Gasteiger partial charge is 0.305 e. The number of aryl methyl sites for hydroxylation is 1. The van der Waals surface area contributed by atoms with E-state index in [-0.39, 0.29) is 21.9 Å². The number of benzene rings is 1. The summed E-state index contributed by atoms with van der Waals surface area (Å²) in [4.78, 5) is 25.0. The molecule has 0 radical (unpaired) electrons. The quantitative estimate of drug-likeness (QED) is 0.532. The van der Waals surface area contributed by atoms with Gasteiger partial charge in [0.25, 0.3) is 5.91 Å². The Balaban J connectivity index is 1.43. The minimum Gasteiger partial charge on any atom is -0.459 e. The number of nitrogens with zero attached hydrogens (tertiary/aromatic N) is 1. The molecule has 0 spiro atoms. The highest BCUT2D eigenvalue weighted by Crippen LogP contribution is 2.22. The fourth-order valence-electron chi connectivity index (χ4n) is 3.46. The van der Waals surface area contributed by atoms with E-state index >= 15 is 0 Å². The van der Waals surface area contributed by atoms with Crippen molar-refractivity contribution in [3.63, 3.8) is 0 Å². The molecule has 30 heavy (non-hydrogen) atoms. The largest absolute Gasteiger partial charge is 0.459 e. The summed E-state index contributed by atoms with van der Waals surface area (Å²) in [6.07, 6.45) is 4.84. The number of fused-ring (bicyclic) bond motifs is 1. The van der Waals surface area contributed by atoms with Crippen molar-refractivity contribution < 1.29 is 22.4 Å². The number of hydrogen-bond donors (Lipinski definition) is 3. The third kappa shape index (κ3) is 3.99. The number of aromatic amines is 1. The number of furan rings is 1. The van der Waals surface area contributed by atoms with Crippen LogP contribution >= 0.6 is 0 Å². The first-order valence-electron chi connectivity index (χ1n) is 9.46. The van der Waals surface area contributed by atoms with Gasteiger partial charge in [-0.3, -0.25) is 25.5 Å². The molecule has 0 atom stereocenters. The van der Waals surface area contributed by atoms with Crippen molar-refractivity contribution in [1.29, 1.82) is 0 Å². The maximum atomic E-state index is 12.6. The van der Waals surface area contributed by atoms with Gasteiger partial charge in [-0.05, 0) is 43.9 Å². The third-order valence-corrected chi connectivity index (χ3v) is 6.64. The molecular formula is C20H20N4O5S. The molecule has 9 nitrogen and oxygen atoms in total. The number of hydrogen-bond acceptors (Lipinski definition) is 6. The summed E-state index contributed by atoms with van der Waals surface area (Å²) in [6.45, 7) is 0. The highest BCUT2D eigenvalue weighted by atomic mass is 32.2. The van der Waals surface area contributed by atoms with Crippen LogP contribution in [0, 0.1) is 0 Å². The van der Waals surface area contributed by atoms with Gasteiger partial charge >= 0.3 is 5.91 Å². The van der Waals surface area contributed by atoms with E-state index in [1.807, 2.05) is 0 Å². The fraction of sp³-hybridized carbons (Fsp3) is 0.250. The Hall–Kier alpha value is -3.40. The SMILES string of the molecule is O=C(NNC(=O)c1occc1CS(=O)(=O)c1ccccc1)c1n[nH]c2c1CCCC2. The van der Waals surface area contributed by atoms with Crippen molar-refractivity contribution >= 4 is 21.7 Å². The van der Waals surface area contributed by atoms with Crippen LogP contribution in [-0.4, -0.2) is 30.4 Å². The summed E-state index contributed by atoms with van der Waals surface area (Å²) in [7, 11) is -3.66. The lowest BCUT2D eigenvalue weighted by molar-refractivity contribution is 0.0827. The Bertz CT molecular complexity index is 1180. The number of carbonyl (C=O) groups is 2. The summed E-state index contributed by atoms with van der Waals surface area (Å²) in [5, 5.41) is 6.91. The van der Waals surface area contributed by atoms with Crippen LogP contribution in [0.5, 0.6) is 0 Å². The number of nitrogens with one attached hydrogen (secondary N) is 3. The Labute approximate surface area is 172 Å². The molecule has 4 rings (SSSR count). The molecule has 0 saturated carbocycles. The number of aromatic nitrogens is 2. The second-order valence-corrected chi connectivity index (χ2v) is 8.98. The monoisotopic (exact) mass is 428 g/mol. The van der Waals surface area contributed by atoms with Gasteiger partial charge in [-0.1, -0.05) is 18.2 Å². The molecule has 1 aliphatic rings. The van der Waals surface area contributed by atoms with E-state index in [9.17, 15) is 18.0 Å². The standard InChI is InChI=1S/C20H20N4O5S/c25-19(17-15-8-4-5-9-16(15)21-22-17)23-24-20(26)18-13(10-11-29-18)12-30(27,28)14-6-2-1-3-7-14/h1-3,6-7,10-11H,4-5,8-9,12H2,(H,21,22)(H,23,25)(H,24,26). The van der Waals surface area contributed by atoms with Crippen LogP contribution in [0.4, 0.5) is 0 Å². The van der Waals surface area contributed by atoms with Crippen LogP contribution in [-0.2, 0) is 28.4 Å². The predicted octanol–water partition coefficient (Wildman–Crippen LogP) is 1.93.